The van der Waals surface area contributed by atoms with E-state index in [-0.39, 0.29) is 6.04 Å². The highest BCUT2D eigenvalue weighted by molar-refractivity contribution is 7.89. The Morgan fingerprint density at radius 3 is 2.38 bits per heavy atom. The normalized spacial score (nSPS) is 15.8. The number of imidazole rings is 1. The maximum absolute atomic E-state index is 13.0. The first-order chi connectivity index (χ1) is 15.4. The predicted molar refractivity (Wildman–Crippen MR) is 130 cm³/mol. The molecule has 0 atom stereocenters. The summed E-state index contributed by atoms with van der Waals surface area (Å²) in [7, 11) is -3.56. The summed E-state index contributed by atoms with van der Waals surface area (Å²) < 4.78 is 31.2. The van der Waals surface area contributed by atoms with Crippen molar-refractivity contribution in [1.29, 1.82) is 0 Å². The zero-order valence-corrected chi connectivity index (χ0v) is 19.2. The number of aromatic nitrogens is 2. The van der Waals surface area contributed by atoms with Crippen molar-refractivity contribution in [1.82, 2.24) is 14.3 Å². The zero-order chi connectivity index (χ0) is 22.3. The molecule has 6 nitrogen and oxygen atoms in total. The molecule has 7 heteroatoms. The molecule has 0 unspecified atom stereocenters. The first-order valence-corrected chi connectivity index (χ1v) is 12.6. The van der Waals surface area contributed by atoms with Crippen molar-refractivity contribution in [2.24, 2.45) is 0 Å². The van der Waals surface area contributed by atoms with E-state index in [1.165, 1.54) is 0 Å². The lowest BCUT2D eigenvalue weighted by Gasteiger charge is -2.33. The lowest BCUT2D eigenvalue weighted by Crippen LogP contribution is -2.45. The van der Waals surface area contributed by atoms with Gasteiger partial charge in [-0.1, -0.05) is 42.5 Å². The van der Waals surface area contributed by atoms with Gasteiger partial charge in [-0.15, -0.1) is 0 Å². The van der Waals surface area contributed by atoms with Crippen LogP contribution >= 0.6 is 0 Å². The van der Waals surface area contributed by atoms with Crippen LogP contribution in [0, 0.1) is 0 Å². The number of hydrogen-bond donors (Lipinski definition) is 1. The monoisotopic (exact) mass is 448 g/mol. The largest absolute Gasteiger partial charge is 0.342 e. The van der Waals surface area contributed by atoms with E-state index in [1.807, 2.05) is 48.5 Å². The van der Waals surface area contributed by atoms with Crippen LogP contribution in [0.1, 0.15) is 32.7 Å². The molecule has 0 spiro atoms. The molecular formula is C25H28N4O2S. The highest BCUT2D eigenvalue weighted by atomic mass is 32.2. The van der Waals surface area contributed by atoms with Gasteiger partial charge in [0.15, 0.2) is 0 Å². The lowest BCUT2D eigenvalue weighted by atomic mass is 10.1. The van der Waals surface area contributed by atoms with Gasteiger partial charge in [0.25, 0.3) is 0 Å². The molecule has 0 radical (unpaired) electrons. The summed E-state index contributed by atoms with van der Waals surface area (Å²) in [5, 5.41) is 1.96. The number of nitrogens with zero attached hydrogens (tertiary/aromatic N) is 3. The number of sulfonamides is 1. The fourth-order valence-electron chi connectivity index (χ4n) is 4.58. The number of piperidine rings is 1. The summed E-state index contributed by atoms with van der Waals surface area (Å²) >= 11 is 0. The average Bonchev–Trinajstić information content (AvgIpc) is 3.19. The van der Waals surface area contributed by atoms with Crippen molar-refractivity contribution >= 4 is 37.8 Å². The minimum absolute atomic E-state index is 0.0837. The van der Waals surface area contributed by atoms with E-state index in [0.29, 0.717) is 10.9 Å². The number of anilines is 1. The molecular weight excluding hydrogens is 420 g/mol. The van der Waals surface area contributed by atoms with Gasteiger partial charge in [-0.05, 0) is 61.7 Å². The molecule has 0 amide bonds. The minimum atomic E-state index is -3.56. The molecule has 2 heterocycles. The van der Waals surface area contributed by atoms with E-state index in [2.05, 4.69) is 34.1 Å². The highest BCUT2D eigenvalue weighted by Gasteiger charge is 2.27. The van der Waals surface area contributed by atoms with Crippen molar-refractivity contribution in [2.45, 2.75) is 43.7 Å². The van der Waals surface area contributed by atoms with Crippen molar-refractivity contribution in [3.63, 3.8) is 0 Å². The SMILES string of the molecule is CC(C)n1c(N2CCC(NS(=O)(=O)c3ccc4ccccc4c3)CC2)nc2ccccc21. The van der Waals surface area contributed by atoms with Gasteiger partial charge in [0.05, 0.1) is 15.9 Å². The molecule has 0 bridgehead atoms. The third-order valence-electron chi connectivity index (χ3n) is 6.22. The summed E-state index contributed by atoms with van der Waals surface area (Å²) in [5.41, 5.74) is 2.13. The molecule has 0 saturated carbocycles. The van der Waals surface area contributed by atoms with Crippen LogP contribution in [0.15, 0.2) is 71.6 Å². The van der Waals surface area contributed by atoms with Crippen LogP contribution in [0.2, 0.25) is 0 Å². The van der Waals surface area contributed by atoms with E-state index in [1.54, 1.807) is 12.1 Å². The number of fused-ring (bicyclic) bond motifs is 2. The topological polar surface area (TPSA) is 67.2 Å². The van der Waals surface area contributed by atoms with E-state index < -0.39 is 10.0 Å². The lowest BCUT2D eigenvalue weighted by molar-refractivity contribution is 0.450. The van der Waals surface area contributed by atoms with Crippen LogP contribution in [0.25, 0.3) is 21.8 Å². The van der Waals surface area contributed by atoms with Gasteiger partial charge in [0.2, 0.25) is 16.0 Å². The summed E-state index contributed by atoms with van der Waals surface area (Å²) in [4.78, 5) is 7.48. The Balaban J connectivity index is 1.32. The molecule has 5 rings (SSSR count). The van der Waals surface area contributed by atoms with Crippen molar-refractivity contribution in [2.75, 3.05) is 18.0 Å². The summed E-state index contributed by atoms with van der Waals surface area (Å²) in [6, 6.07) is 21.5. The Bertz CT molecular complexity index is 1370. The smallest absolute Gasteiger partial charge is 0.240 e. The predicted octanol–water partition coefficient (Wildman–Crippen LogP) is 4.72. The second-order valence-corrected chi connectivity index (χ2v) is 10.5. The number of para-hydroxylation sites is 2. The van der Waals surface area contributed by atoms with Crippen LogP contribution < -0.4 is 9.62 Å². The molecule has 32 heavy (non-hydrogen) atoms. The summed E-state index contributed by atoms with van der Waals surface area (Å²) in [6.45, 7) is 5.87. The van der Waals surface area contributed by atoms with Crippen LogP contribution in [0.5, 0.6) is 0 Å². The third-order valence-corrected chi connectivity index (χ3v) is 7.74. The zero-order valence-electron chi connectivity index (χ0n) is 18.4. The Kier molecular flexibility index (Phi) is 5.39. The molecule has 1 N–H and O–H groups in total. The van der Waals surface area contributed by atoms with Crippen LogP contribution in [-0.2, 0) is 10.0 Å². The fraction of sp³-hybridized carbons (Fsp3) is 0.320. The number of hydrogen-bond acceptors (Lipinski definition) is 4. The van der Waals surface area contributed by atoms with E-state index >= 15 is 0 Å². The second-order valence-electron chi connectivity index (χ2n) is 8.76. The van der Waals surface area contributed by atoms with Gasteiger partial charge >= 0.3 is 0 Å². The van der Waals surface area contributed by atoms with Crippen LogP contribution in [-0.4, -0.2) is 37.1 Å². The maximum atomic E-state index is 13.0. The van der Waals surface area contributed by atoms with Gasteiger partial charge in [-0.25, -0.2) is 18.1 Å². The summed E-state index contributed by atoms with van der Waals surface area (Å²) in [5.74, 6) is 0.969. The fourth-order valence-corrected chi connectivity index (χ4v) is 5.92. The van der Waals surface area contributed by atoms with Gasteiger partial charge < -0.3 is 9.47 Å². The average molecular weight is 449 g/mol. The third kappa shape index (κ3) is 3.87. The first kappa shape index (κ1) is 21.0. The van der Waals surface area contributed by atoms with Gasteiger partial charge in [0.1, 0.15) is 0 Å². The molecule has 1 saturated heterocycles. The first-order valence-electron chi connectivity index (χ1n) is 11.2. The molecule has 166 valence electrons. The quantitative estimate of drug-likeness (QED) is 0.480. The number of nitrogens with one attached hydrogen (secondary N) is 1. The minimum Gasteiger partial charge on any atom is -0.342 e. The van der Waals surface area contributed by atoms with Crippen LogP contribution in [0.4, 0.5) is 5.95 Å². The Hall–Kier alpha value is -2.90. The van der Waals surface area contributed by atoms with E-state index in [9.17, 15) is 8.42 Å². The van der Waals surface area contributed by atoms with E-state index in [4.69, 9.17) is 4.98 Å². The van der Waals surface area contributed by atoms with Crippen LogP contribution in [0.3, 0.4) is 0 Å². The van der Waals surface area contributed by atoms with Gasteiger partial charge in [0, 0.05) is 25.2 Å². The molecule has 3 aromatic carbocycles. The molecule has 1 aliphatic heterocycles. The highest BCUT2D eigenvalue weighted by Crippen LogP contribution is 2.29. The van der Waals surface area contributed by atoms with Crippen molar-refractivity contribution < 1.29 is 8.42 Å². The van der Waals surface area contributed by atoms with E-state index in [0.717, 1.165) is 53.7 Å². The van der Waals surface area contributed by atoms with Gasteiger partial charge in [-0.2, -0.15) is 0 Å². The molecule has 1 aromatic heterocycles. The second kappa shape index (κ2) is 8.22. The van der Waals surface area contributed by atoms with Gasteiger partial charge in [-0.3, -0.25) is 0 Å². The Morgan fingerprint density at radius 1 is 0.938 bits per heavy atom. The molecule has 0 aliphatic carbocycles. The standard InChI is InChI=1S/C25H28N4O2S/c1-18(2)29-24-10-6-5-9-23(24)26-25(29)28-15-13-21(14-16-28)27-32(30,31)22-12-11-19-7-3-4-8-20(19)17-22/h3-12,17-18,21,27H,13-16H2,1-2H3. The molecule has 1 aliphatic rings. The summed E-state index contributed by atoms with van der Waals surface area (Å²) in [6.07, 6.45) is 1.49. The van der Waals surface area contributed by atoms with Crippen molar-refractivity contribution in [3.05, 3.63) is 66.7 Å². The molecule has 1 fully saturated rings. The maximum Gasteiger partial charge on any atom is 0.240 e. The Labute approximate surface area is 188 Å². The molecule has 4 aromatic rings. The number of benzene rings is 3. The number of rotatable bonds is 5. The van der Waals surface area contributed by atoms with Crippen molar-refractivity contribution in [3.8, 4) is 0 Å². The Morgan fingerprint density at radius 2 is 1.62 bits per heavy atom.